The first-order valence-electron chi connectivity index (χ1n) is 5.19. The molecule has 2 N–H and O–H groups in total. The van der Waals surface area contributed by atoms with E-state index in [1.165, 1.54) is 6.07 Å². The molecule has 0 aliphatic rings. The average Bonchev–Trinajstić information content (AvgIpc) is 2.32. The Bertz CT molecular complexity index is 560. The van der Waals surface area contributed by atoms with E-state index in [0.29, 0.717) is 17.7 Å². The lowest BCUT2D eigenvalue weighted by molar-refractivity contribution is -0.688. The Kier molecular flexibility index (Phi) is 4.97. The summed E-state index contributed by atoms with van der Waals surface area (Å²) in [6.07, 6.45) is 3.37. The summed E-state index contributed by atoms with van der Waals surface area (Å²) in [5.74, 6) is -0.752. The molecule has 2 aromatic rings. The average molecular weight is 311 g/mol. The van der Waals surface area contributed by atoms with Crippen LogP contribution < -0.4 is 27.3 Å². The van der Waals surface area contributed by atoms with Crippen LogP contribution in [0.15, 0.2) is 48.8 Å². The minimum absolute atomic E-state index is 0. The standard InChI is InChI=1S/C13H11FN2O.BrH/c14-12-6-2-1-4-10(12)8-16-7-3-5-11(9-16)13(15)17;/h1-7,9H,8H2,(H-,15,17);1H. The molecule has 0 atom stereocenters. The predicted molar refractivity (Wildman–Crippen MR) is 60.7 cm³/mol. The van der Waals surface area contributed by atoms with E-state index in [4.69, 9.17) is 5.73 Å². The Morgan fingerprint density at radius 3 is 2.61 bits per heavy atom. The summed E-state index contributed by atoms with van der Waals surface area (Å²) in [6, 6.07) is 9.87. The summed E-state index contributed by atoms with van der Waals surface area (Å²) in [7, 11) is 0. The minimum Gasteiger partial charge on any atom is -1.00 e. The third-order valence-corrected chi connectivity index (χ3v) is 2.45. The fraction of sp³-hybridized carbons (Fsp3) is 0.0769. The minimum atomic E-state index is -0.493. The van der Waals surface area contributed by atoms with Crippen molar-refractivity contribution in [2.45, 2.75) is 6.54 Å². The monoisotopic (exact) mass is 310 g/mol. The van der Waals surface area contributed by atoms with E-state index >= 15 is 0 Å². The fourth-order valence-corrected chi connectivity index (χ4v) is 1.59. The second kappa shape index (κ2) is 6.26. The van der Waals surface area contributed by atoms with Crippen molar-refractivity contribution in [1.29, 1.82) is 0 Å². The summed E-state index contributed by atoms with van der Waals surface area (Å²) >= 11 is 0. The number of nitrogens with zero attached hydrogens (tertiary/aromatic N) is 1. The second-order valence-electron chi connectivity index (χ2n) is 3.72. The SMILES string of the molecule is NC(=O)c1ccc[n+](Cc2ccccc2F)c1.[Br-]. The summed E-state index contributed by atoms with van der Waals surface area (Å²) in [4.78, 5) is 11.0. The quantitative estimate of drug-likeness (QED) is 0.673. The highest BCUT2D eigenvalue weighted by molar-refractivity contribution is 5.92. The van der Waals surface area contributed by atoms with E-state index in [1.807, 2.05) is 0 Å². The van der Waals surface area contributed by atoms with Crippen molar-refractivity contribution in [2.75, 3.05) is 0 Å². The third-order valence-electron chi connectivity index (χ3n) is 2.45. The summed E-state index contributed by atoms with van der Waals surface area (Å²) in [6.45, 7) is 0.369. The predicted octanol–water partition coefficient (Wildman–Crippen LogP) is -1.74. The molecule has 5 heteroatoms. The van der Waals surface area contributed by atoms with Gasteiger partial charge in [-0.1, -0.05) is 12.1 Å². The molecule has 0 aliphatic heterocycles. The first-order valence-corrected chi connectivity index (χ1v) is 5.19. The van der Waals surface area contributed by atoms with E-state index < -0.39 is 5.91 Å². The maximum Gasteiger partial charge on any atom is 0.254 e. The molecule has 0 unspecified atom stereocenters. The highest BCUT2D eigenvalue weighted by Gasteiger charge is 2.10. The highest BCUT2D eigenvalue weighted by Crippen LogP contribution is 2.05. The zero-order chi connectivity index (χ0) is 12.3. The maximum absolute atomic E-state index is 13.4. The Morgan fingerprint density at radius 1 is 1.22 bits per heavy atom. The van der Waals surface area contributed by atoms with Gasteiger partial charge in [-0.05, 0) is 18.2 Å². The Balaban J connectivity index is 0.00000162. The van der Waals surface area contributed by atoms with Gasteiger partial charge < -0.3 is 22.7 Å². The topological polar surface area (TPSA) is 47.0 Å². The highest BCUT2D eigenvalue weighted by atomic mass is 79.9. The van der Waals surface area contributed by atoms with Crippen LogP contribution in [0, 0.1) is 5.82 Å². The molecule has 0 fully saturated rings. The van der Waals surface area contributed by atoms with Crippen molar-refractivity contribution < 1.29 is 30.7 Å². The molecule has 1 amide bonds. The van der Waals surface area contributed by atoms with E-state index in [9.17, 15) is 9.18 Å². The van der Waals surface area contributed by atoms with Gasteiger partial charge in [0.05, 0.1) is 5.56 Å². The van der Waals surface area contributed by atoms with Crippen LogP contribution in [0.3, 0.4) is 0 Å². The summed E-state index contributed by atoms with van der Waals surface area (Å²) in [5, 5.41) is 0. The van der Waals surface area contributed by atoms with Gasteiger partial charge in [0, 0.05) is 6.07 Å². The summed E-state index contributed by atoms with van der Waals surface area (Å²) in [5.41, 5.74) is 6.15. The molecule has 3 nitrogen and oxygen atoms in total. The van der Waals surface area contributed by atoms with E-state index in [1.54, 1.807) is 47.3 Å². The molecule has 1 heterocycles. The van der Waals surface area contributed by atoms with E-state index in [2.05, 4.69) is 0 Å². The Hall–Kier alpha value is -1.75. The molecule has 0 aliphatic carbocycles. The molecular weight excluding hydrogens is 299 g/mol. The Labute approximate surface area is 115 Å². The van der Waals surface area contributed by atoms with Crippen molar-refractivity contribution in [1.82, 2.24) is 0 Å². The molecule has 0 radical (unpaired) electrons. The van der Waals surface area contributed by atoms with Crippen LogP contribution in [0.4, 0.5) is 4.39 Å². The van der Waals surface area contributed by atoms with Gasteiger partial charge in [-0.15, -0.1) is 0 Å². The molecule has 2 rings (SSSR count). The zero-order valence-corrected chi connectivity index (χ0v) is 11.1. The largest absolute Gasteiger partial charge is 1.00 e. The van der Waals surface area contributed by atoms with Crippen molar-refractivity contribution in [3.05, 3.63) is 65.7 Å². The molecule has 0 saturated heterocycles. The smallest absolute Gasteiger partial charge is 0.254 e. The molecule has 0 spiro atoms. The number of primary amides is 1. The number of hydrogen-bond donors (Lipinski definition) is 1. The normalized spacial score (nSPS) is 9.61. The van der Waals surface area contributed by atoms with Gasteiger partial charge in [-0.3, -0.25) is 4.79 Å². The summed E-state index contributed by atoms with van der Waals surface area (Å²) < 4.78 is 15.2. The fourth-order valence-electron chi connectivity index (χ4n) is 1.59. The van der Waals surface area contributed by atoms with Gasteiger partial charge in [0.2, 0.25) is 0 Å². The number of benzene rings is 1. The molecule has 18 heavy (non-hydrogen) atoms. The lowest BCUT2D eigenvalue weighted by Gasteiger charge is -2.00. The first-order chi connectivity index (χ1) is 8.16. The van der Waals surface area contributed by atoms with Crippen molar-refractivity contribution in [3.63, 3.8) is 0 Å². The Morgan fingerprint density at radius 2 is 1.94 bits per heavy atom. The van der Waals surface area contributed by atoms with Crippen LogP contribution in [0.5, 0.6) is 0 Å². The van der Waals surface area contributed by atoms with Crippen molar-refractivity contribution in [3.8, 4) is 0 Å². The van der Waals surface area contributed by atoms with Crippen LogP contribution in [0.1, 0.15) is 15.9 Å². The second-order valence-corrected chi connectivity index (χ2v) is 3.72. The molecule has 94 valence electrons. The first kappa shape index (κ1) is 14.3. The number of rotatable bonds is 3. The molecule has 0 bridgehead atoms. The number of pyridine rings is 1. The van der Waals surface area contributed by atoms with Crippen LogP contribution >= 0.6 is 0 Å². The van der Waals surface area contributed by atoms with Crippen molar-refractivity contribution in [2.24, 2.45) is 5.73 Å². The van der Waals surface area contributed by atoms with Gasteiger partial charge >= 0.3 is 0 Å². The van der Waals surface area contributed by atoms with Crippen LogP contribution in [0.2, 0.25) is 0 Å². The number of carbonyl (C=O) groups excluding carboxylic acids is 1. The lowest BCUT2D eigenvalue weighted by atomic mass is 10.2. The van der Waals surface area contributed by atoms with Gasteiger partial charge in [0.25, 0.3) is 5.91 Å². The lowest BCUT2D eigenvalue weighted by Crippen LogP contribution is -3.00. The third kappa shape index (κ3) is 3.37. The van der Waals surface area contributed by atoms with Crippen LogP contribution in [0.25, 0.3) is 0 Å². The van der Waals surface area contributed by atoms with E-state index in [0.717, 1.165) is 0 Å². The maximum atomic E-state index is 13.4. The number of hydrogen-bond acceptors (Lipinski definition) is 1. The zero-order valence-electron chi connectivity index (χ0n) is 9.51. The van der Waals surface area contributed by atoms with Gasteiger partial charge in [-0.25, -0.2) is 4.39 Å². The number of aromatic nitrogens is 1. The number of halogens is 2. The van der Waals surface area contributed by atoms with Gasteiger partial charge in [-0.2, -0.15) is 4.57 Å². The van der Waals surface area contributed by atoms with Crippen molar-refractivity contribution >= 4 is 5.91 Å². The van der Waals surface area contributed by atoms with Gasteiger partial charge in [0.15, 0.2) is 18.9 Å². The van der Waals surface area contributed by atoms with E-state index in [-0.39, 0.29) is 22.8 Å². The van der Waals surface area contributed by atoms with Crippen LogP contribution in [-0.2, 0) is 6.54 Å². The molecule has 1 aromatic heterocycles. The number of nitrogens with two attached hydrogens (primary N) is 1. The molecular formula is C13H12BrFN2O. The van der Waals surface area contributed by atoms with Crippen LogP contribution in [-0.4, -0.2) is 5.91 Å². The molecule has 1 aromatic carbocycles. The van der Waals surface area contributed by atoms with Gasteiger partial charge in [0.1, 0.15) is 11.4 Å². The number of carbonyl (C=O) groups is 1. The number of amides is 1. The molecule has 0 saturated carbocycles.